The number of nitrogens with two attached hydrogens (primary N) is 1. The second-order valence-corrected chi connectivity index (χ2v) is 5.12. The summed E-state index contributed by atoms with van der Waals surface area (Å²) < 4.78 is 0.965. The van der Waals surface area contributed by atoms with Crippen molar-refractivity contribution in [2.24, 2.45) is 0 Å². The van der Waals surface area contributed by atoms with Gasteiger partial charge in [0.25, 0.3) is 0 Å². The average molecular weight is 321 g/mol. The monoisotopic (exact) mass is 320 g/mol. The van der Waals surface area contributed by atoms with E-state index in [-0.39, 0.29) is 6.04 Å². The summed E-state index contributed by atoms with van der Waals surface area (Å²) in [6.45, 7) is 3.02. The van der Waals surface area contributed by atoms with Gasteiger partial charge < -0.3 is 11.1 Å². The predicted octanol–water partition coefficient (Wildman–Crippen LogP) is 2.91. The van der Waals surface area contributed by atoms with E-state index in [2.05, 4.69) is 38.1 Å². The SMILES string of the molecule is CCCNC(c1cnccc1N)c1ncccc1Br. The second-order valence-electron chi connectivity index (χ2n) is 4.26. The predicted molar refractivity (Wildman–Crippen MR) is 80.7 cm³/mol. The molecule has 0 saturated heterocycles. The van der Waals surface area contributed by atoms with Crippen LogP contribution in [0.1, 0.15) is 30.6 Å². The Balaban J connectivity index is 2.42. The minimum Gasteiger partial charge on any atom is -0.398 e. The Labute approximate surface area is 121 Å². The summed E-state index contributed by atoms with van der Waals surface area (Å²) in [5.41, 5.74) is 8.66. The van der Waals surface area contributed by atoms with Crippen molar-refractivity contribution in [2.45, 2.75) is 19.4 Å². The van der Waals surface area contributed by atoms with Gasteiger partial charge in [-0.15, -0.1) is 0 Å². The van der Waals surface area contributed by atoms with Crippen LogP contribution in [-0.2, 0) is 0 Å². The number of nitrogens with one attached hydrogen (secondary N) is 1. The fraction of sp³-hybridized carbons (Fsp3) is 0.286. The molecule has 19 heavy (non-hydrogen) atoms. The Kier molecular flexibility index (Phi) is 4.87. The summed E-state index contributed by atoms with van der Waals surface area (Å²) in [5, 5.41) is 3.47. The molecule has 0 radical (unpaired) electrons. The van der Waals surface area contributed by atoms with Crippen molar-refractivity contribution in [1.29, 1.82) is 0 Å². The van der Waals surface area contributed by atoms with Crippen LogP contribution in [0.3, 0.4) is 0 Å². The van der Waals surface area contributed by atoms with Crippen molar-refractivity contribution in [3.8, 4) is 0 Å². The van der Waals surface area contributed by atoms with Crippen LogP contribution in [0.2, 0.25) is 0 Å². The van der Waals surface area contributed by atoms with Gasteiger partial charge >= 0.3 is 0 Å². The number of rotatable bonds is 5. The third-order valence-corrected chi connectivity index (χ3v) is 3.53. The molecule has 0 saturated carbocycles. The third-order valence-electron chi connectivity index (χ3n) is 2.86. The van der Waals surface area contributed by atoms with Gasteiger partial charge in [-0.3, -0.25) is 9.97 Å². The van der Waals surface area contributed by atoms with Crippen molar-refractivity contribution in [2.75, 3.05) is 12.3 Å². The molecule has 5 heteroatoms. The smallest absolute Gasteiger partial charge is 0.0798 e. The van der Waals surface area contributed by atoms with E-state index >= 15 is 0 Å². The van der Waals surface area contributed by atoms with E-state index in [0.717, 1.165) is 34.4 Å². The van der Waals surface area contributed by atoms with E-state index in [4.69, 9.17) is 5.73 Å². The fourth-order valence-corrected chi connectivity index (χ4v) is 2.40. The molecular formula is C14H17BrN4. The van der Waals surface area contributed by atoms with Crippen molar-refractivity contribution in [3.63, 3.8) is 0 Å². The molecule has 100 valence electrons. The molecule has 0 bridgehead atoms. The van der Waals surface area contributed by atoms with Gasteiger partial charge in [-0.25, -0.2) is 0 Å². The van der Waals surface area contributed by atoms with Crippen LogP contribution in [0.15, 0.2) is 41.3 Å². The average Bonchev–Trinajstić information content (AvgIpc) is 2.42. The number of nitrogens with zero attached hydrogens (tertiary/aromatic N) is 2. The Morgan fingerprint density at radius 2 is 2.21 bits per heavy atom. The highest BCUT2D eigenvalue weighted by Gasteiger charge is 2.19. The van der Waals surface area contributed by atoms with E-state index in [1.165, 1.54) is 0 Å². The zero-order valence-corrected chi connectivity index (χ0v) is 12.4. The molecule has 2 rings (SSSR count). The summed E-state index contributed by atoms with van der Waals surface area (Å²) in [5.74, 6) is 0. The van der Waals surface area contributed by atoms with Crippen LogP contribution < -0.4 is 11.1 Å². The Morgan fingerprint density at radius 1 is 1.37 bits per heavy atom. The molecule has 0 aliphatic heterocycles. The molecule has 0 amide bonds. The standard InChI is InChI=1S/C14H17BrN4/c1-2-6-18-13(10-9-17-8-5-12(10)16)14-11(15)4-3-7-19-14/h3-5,7-9,13,18H,2,6H2,1H3,(H2,16,17). The van der Waals surface area contributed by atoms with E-state index in [0.29, 0.717) is 0 Å². The molecule has 2 aromatic heterocycles. The van der Waals surface area contributed by atoms with Gasteiger partial charge in [-0.05, 0) is 47.1 Å². The number of nitrogen functional groups attached to an aromatic ring is 1. The maximum Gasteiger partial charge on any atom is 0.0798 e. The van der Waals surface area contributed by atoms with Gasteiger partial charge in [0, 0.05) is 34.3 Å². The topological polar surface area (TPSA) is 63.8 Å². The first-order valence-corrected chi connectivity index (χ1v) is 7.06. The number of halogens is 1. The van der Waals surface area contributed by atoms with Gasteiger partial charge in [-0.1, -0.05) is 6.92 Å². The van der Waals surface area contributed by atoms with E-state index < -0.39 is 0 Å². The van der Waals surface area contributed by atoms with Crippen LogP contribution in [0, 0.1) is 0 Å². The fourth-order valence-electron chi connectivity index (χ4n) is 1.91. The molecule has 3 N–H and O–H groups in total. The maximum atomic E-state index is 6.06. The zero-order chi connectivity index (χ0) is 13.7. The molecule has 2 aromatic rings. The van der Waals surface area contributed by atoms with E-state index in [1.807, 2.05) is 18.2 Å². The summed E-state index contributed by atoms with van der Waals surface area (Å²) in [6, 6.07) is 5.64. The molecule has 0 aromatic carbocycles. The van der Waals surface area contributed by atoms with Gasteiger partial charge in [0.1, 0.15) is 0 Å². The molecule has 0 aliphatic carbocycles. The minimum absolute atomic E-state index is 0.0516. The van der Waals surface area contributed by atoms with Gasteiger partial charge in [0.2, 0.25) is 0 Å². The van der Waals surface area contributed by atoms with Crippen LogP contribution >= 0.6 is 15.9 Å². The lowest BCUT2D eigenvalue weighted by molar-refractivity contribution is 0.584. The molecule has 1 unspecified atom stereocenters. The highest BCUT2D eigenvalue weighted by Crippen LogP contribution is 2.29. The van der Waals surface area contributed by atoms with Crippen LogP contribution in [0.4, 0.5) is 5.69 Å². The zero-order valence-electron chi connectivity index (χ0n) is 10.8. The normalized spacial score (nSPS) is 12.3. The first-order valence-electron chi connectivity index (χ1n) is 6.27. The highest BCUT2D eigenvalue weighted by atomic mass is 79.9. The number of aromatic nitrogens is 2. The minimum atomic E-state index is -0.0516. The lowest BCUT2D eigenvalue weighted by atomic mass is 10.0. The molecular weight excluding hydrogens is 304 g/mol. The Bertz CT molecular complexity index is 499. The number of anilines is 1. The van der Waals surface area contributed by atoms with E-state index in [9.17, 15) is 0 Å². The molecule has 0 fully saturated rings. The summed E-state index contributed by atoms with van der Waals surface area (Å²) in [7, 11) is 0. The lowest BCUT2D eigenvalue weighted by Crippen LogP contribution is -2.25. The Hall–Kier alpha value is -1.46. The summed E-state index contributed by atoms with van der Waals surface area (Å²) >= 11 is 3.55. The number of pyridine rings is 2. The van der Waals surface area contributed by atoms with Crippen LogP contribution in [0.5, 0.6) is 0 Å². The van der Waals surface area contributed by atoms with Crippen molar-refractivity contribution in [3.05, 3.63) is 52.5 Å². The highest BCUT2D eigenvalue weighted by molar-refractivity contribution is 9.10. The second kappa shape index (κ2) is 6.63. The van der Waals surface area contributed by atoms with E-state index in [1.54, 1.807) is 18.6 Å². The van der Waals surface area contributed by atoms with Crippen molar-refractivity contribution < 1.29 is 0 Å². The van der Waals surface area contributed by atoms with Crippen molar-refractivity contribution in [1.82, 2.24) is 15.3 Å². The first-order chi connectivity index (χ1) is 9.24. The van der Waals surface area contributed by atoms with Gasteiger partial charge in [0.15, 0.2) is 0 Å². The van der Waals surface area contributed by atoms with Crippen LogP contribution in [-0.4, -0.2) is 16.5 Å². The third kappa shape index (κ3) is 3.30. The largest absolute Gasteiger partial charge is 0.398 e. The molecule has 0 aliphatic rings. The Morgan fingerprint density at radius 3 is 2.89 bits per heavy atom. The van der Waals surface area contributed by atoms with Crippen LogP contribution in [0.25, 0.3) is 0 Å². The quantitative estimate of drug-likeness (QED) is 0.889. The maximum absolute atomic E-state index is 6.06. The van der Waals surface area contributed by atoms with Gasteiger partial charge in [-0.2, -0.15) is 0 Å². The first kappa shape index (κ1) is 14.0. The van der Waals surface area contributed by atoms with Gasteiger partial charge in [0.05, 0.1) is 11.7 Å². The summed E-state index contributed by atoms with van der Waals surface area (Å²) in [4.78, 5) is 8.62. The number of hydrogen-bond donors (Lipinski definition) is 2. The molecule has 1 atom stereocenters. The molecule has 0 spiro atoms. The van der Waals surface area contributed by atoms with Crippen molar-refractivity contribution >= 4 is 21.6 Å². The number of hydrogen-bond acceptors (Lipinski definition) is 4. The lowest BCUT2D eigenvalue weighted by Gasteiger charge is -2.20. The summed E-state index contributed by atoms with van der Waals surface area (Å²) in [6.07, 6.45) is 6.32. The molecule has 4 nitrogen and oxygen atoms in total. The molecule has 2 heterocycles.